The first-order valence-corrected chi connectivity index (χ1v) is 9.46. The van der Waals surface area contributed by atoms with Crippen LogP contribution in [0.2, 0.25) is 0 Å². The predicted molar refractivity (Wildman–Crippen MR) is 89.9 cm³/mol. The van der Waals surface area contributed by atoms with Crippen molar-refractivity contribution in [3.8, 4) is 0 Å². The fraction of sp³-hybridized carbons (Fsp3) is 0.933. The standard InChI is InChI=1S/C15H24F4N4OS/c16-13(17)15(18,19)11-22-3-1-21(2-4-22)10-12-9-20-14(25-12)23-5-7-24-8-6-23/h12-13H,1-11H2/t12-/m0/s1. The molecule has 3 heterocycles. The zero-order chi connectivity index (χ0) is 17.9. The molecule has 2 fully saturated rings. The summed E-state index contributed by atoms with van der Waals surface area (Å²) < 4.78 is 56.2. The quantitative estimate of drug-likeness (QED) is 0.668. The molecule has 0 bridgehead atoms. The van der Waals surface area contributed by atoms with Crippen LogP contribution in [0.15, 0.2) is 4.99 Å². The molecule has 2 saturated heterocycles. The largest absolute Gasteiger partial charge is 0.378 e. The van der Waals surface area contributed by atoms with E-state index in [0.29, 0.717) is 31.4 Å². The van der Waals surface area contributed by atoms with Crippen LogP contribution in [-0.2, 0) is 4.74 Å². The highest BCUT2D eigenvalue weighted by molar-refractivity contribution is 8.14. The van der Waals surface area contributed by atoms with Gasteiger partial charge in [0.1, 0.15) is 0 Å². The molecule has 144 valence electrons. The number of aliphatic imine (C=N–C) groups is 1. The molecule has 3 aliphatic rings. The predicted octanol–water partition coefficient (Wildman–Crippen LogP) is 1.31. The molecule has 10 heteroatoms. The Morgan fingerprint density at radius 3 is 2.36 bits per heavy atom. The van der Waals surface area contributed by atoms with Crippen molar-refractivity contribution in [1.29, 1.82) is 0 Å². The summed E-state index contributed by atoms with van der Waals surface area (Å²) in [6.45, 7) is 6.01. The zero-order valence-electron chi connectivity index (χ0n) is 14.1. The molecule has 0 unspecified atom stereocenters. The Morgan fingerprint density at radius 2 is 1.72 bits per heavy atom. The second kappa shape index (κ2) is 8.41. The topological polar surface area (TPSA) is 31.3 Å². The van der Waals surface area contributed by atoms with Crippen LogP contribution in [0.4, 0.5) is 17.6 Å². The number of ether oxygens (including phenoxy) is 1. The number of nitrogens with zero attached hydrogens (tertiary/aromatic N) is 4. The molecule has 0 spiro atoms. The van der Waals surface area contributed by atoms with Crippen molar-refractivity contribution in [2.75, 3.05) is 72.1 Å². The van der Waals surface area contributed by atoms with E-state index in [4.69, 9.17) is 4.74 Å². The average Bonchev–Trinajstić information content (AvgIpc) is 3.06. The van der Waals surface area contributed by atoms with Crippen LogP contribution in [0.25, 0.3) is 0 Å². The van der Waals surface area contributed by atoms with Crippen LogP contribution in [0.1, 0.15) is 0 Å². The molecule has 0 aliphatic carbocycles. The first kappa shape index (κ1) is 19.2. The van der Waals surface area contributed by atoms with Crippen molar-refractivity contribution in [3.05, 3.63) is 0 Å². The highest BCUT2D eigenvalue weighted by atomic mass is 32.2. The third kappa shape index (κ3) is 5.21. The van der Waals surface area contributed by atoms with E-state index in [0.717, 1.165) is 44.6 Å². The number of amidine groups is 1. The maximum atomic E-state index is 13.1. The number of piperazine rings is 1. The Balaban J connectivity index is 1.37. The summed E-state index contributed by atoms with van der Waals surface area (Å²) in [6, 6.07) is 0. The smallest absolute Gasteiger partial charge is 0.319 e. The molecule has 0 radical (unpaired) electrons. The molecule has 0 aromatic carbocycles. The van der Waals surface area contributed by atoms with Crippen molar-refractivity contribution < 1.29 is 22.3 Å². The average molecular weight is 384 g/mol. The van der Waals surface area contributed by atoms with Crippen molar-refractivity contribution in [2.45, 2.75) is 17.6 Å². The fourth-order valence-corrected chi connectivity index (χ4v) is 4.43. The Hall–Kier alpha value is -0.580. The lowest BCUT2D eigenvalue weighted by Crippen LogP contribution is -2.52. The molecule has 0 aromatic rings. The van der Waals surface area contributed by atoms with Crippen LogP contribution in [0, 0.1) is 0 Å². The van der Waals surface area contributed by atoms with Gasteiger partial charge in [-0.3, -0.25) is 14.8 Å². The number of hydrogen-bond acceptors (Lipinski definition) is 6. The molecule has 1 atom stereocenters. The number of morpholine rings is 1. The second-order valence-electron chi connectivity index (χ2n) is 6.60. The SMILES string of the molecule is FC(F)C(F)(F)CN1CCN(C[C@@H]2CN=C(N3CCOCC3)S2)CC1. The molecule has 5 nitrogen and oxygen atoms in total. The van der Waals surface area contributed by atoms with Crippen LogP contribution in [0.5, 0.6) is 0 Å². The summed E-state index contributed by atoms with van der Waals surface area (Å²) in [4.78, 5) is 10.5. The van der Waals surface area contributed by atoms with Gasteiger partial charge in [-0.2, -0.15) is 8.78 Å². The van der Waals surface area contributed by atoms with Gasteiger partial charge in [0.25, 0.3) is 0 Å². The minimum absolute atomic E-state index is 0.367. The van der Waals surface area contributed by atoms with Crippen molar-refractivity contribution in [3.63, 3.8) is 0 Å². The highest BCUT2D eigenvalue weighted by Crippen LogP contribution is 2.26. The van der Waals surface area contributed by atoms with Crippen LogP contribution in [0.3, 0.4) is 0 Å². The maximum Gasteiger partial charge on any atom is 0.319 e. The van der Waals surface area contributed by atoms with Crippen LogP contribution < -0.4 is 0 Å². The molecular formula is C15H24F4N4OS. The Morgan fingerprint density at radius 1 is 1.08 bits per heavy atom. The lowest BCUT2D eigenvalue weighted by Gasteiger charge is -2.37. The Labute approximate surface area is 149 Å². The highest BCUT2D eigenvalue weighted by Gasteiger charge is 2.42. The van der Waals surface area contributed by atoms with Crippen molar-refractivity contribution >= 4 is 16.9 Å². The van der Waals surface area contributed by atoms with E-state index in [1.807, 2.05) is 0 Å². The van der Waals surface area contributed by atoms with E-state index in [-0.39, 0.29) is 0 Å². The Kier molecular flexibility index (Phi) is 6.45. The zero-order valence-corrected chi connectivity index (χ0v) is 14.9. The fourth-order valence-electron chi connectivity index (χ4n) is 3.21. The van der Waals surface area contributed by atoms with E-state index >= 15 is 0 Å². The summed E-state index contributed by atoms with van der Waals surface area (Å²) in [5.41, 5.74) is 0. The van der Waals surface area contributed by atoms with Gasteiger partial charge in [-0.05, 0) is 0 Å². The van der Waals surface area contributed by atoms with Gasteiger partial charge in [0.05, 0.1) is 26.3 Å². The van der Waals surface area contributed by atoms with Crippen LogP contribution >= 0.6 is 11.8 Å². The van der Waals surface area contributed by atoms with E-state index in [9.17, 15) is 17.6 Å². The number of rotatable bonds is 5. The molecule has 0 amide bonds. The molecule has 0 N–H and O–H groups in total. The van der Waals surface area contributed by atoms with Gasteiger partial charge in [0, 0.05) is 51.1 Å². The lowest BCUT2D eigenvalue weighted by atomic mass is 10.2. The summed E-state index contributed by atoms with van der Waals surface area (Å²) in [7, 11) is 0. The third-order valence-corrected chi connectivity index (χ3v) is 5.89. The molecule has 3 aliphatic heterocycles. The number of halogens is 4. The summed E-state index contributed by atoms with van der Waals surface area (Å²) in [5.74, 6) is -3.93. The number of thioether (sulfide) groups is 1. The first-order valence-electron chi connectivity index (χ1n) is 8.58. The van der Waals surface area contributed by atoms with Crippen LogP contribution in [-0.4, -0.2) is 110 Å². The summed E-state index contributed by atoms with van der Waals surface area (Å²) in [6.07, 6.45) is -3.60. The summed E-state index contributed by atoms with van der Waals surface area (Å²) in [5, 5.41) is 1.44. The lowest BCUT2D eigenvalue weighted by molar-refractivity contribution is -0.144. The Bertz CT molecular complexity index is 468. The first-order chi connectivity index (χ1) is 11.9. The summed E-state index contributed by atoms with van der Waals surface area (Å²) >= 11 is 1.77. The van der Waals surface area contributed by atoms with Gasteiger partial charge in [-0.15, -0.1) is 0 Å². The van der Waals surface area contributed by atoms with Gasteiger partial charge in [-0.1, -0.05) is 11.8 Å². The molecular weight excluding hydrogens is 360 g/mol. The van der Waals surface area contributed by atoms with Gasteiger partial charge < -0.3 is 9.64 Å². The van der Waals surface area contributed by atoms with E-state index < -0.39 is 18.9 Å². The second-order valence-corrected chi connectivity index (χ2v) is 7.87. The normalized spacial score (nSPS) is 27.2. The third-order valence-electron chi connectivity index (χ3n) is 4.66. The molecule has 25 heavy (non-hydrogen) atoms. The van der Waals surface area contributed by atoms with E-state index in [1.165, 1.54) is 4.90 Å². The minimum Gasteiger partial charge on any atom is -0.378 e. The van der Waals surface area contributed by atoms with Gasteiger partial charge in [0.2, 0.25) is 0 Å². The van der Waals surface area contributed by atoms with E-state index in [1.54, 1.807) is 11.8 Å². The monoisotopic (exact) mass is 384 g/mol. The van der Waals surface area contributed by atoms with E-state index in [2.05, 4.69) is 14.8 Å². The minimum atomic E-state index is -3.93. The van der Waals surface area contributed by atoms with Gasteiger partial charge in [0.15, 0.2) is 5.17 Å². The number of alkyl halides is 4. The van der Waals surface area contributed by atoms with Gasteiger partial charge >= 0.3 is 12.3 Å². The van der Waals surface area contributed by atoms with Gasteiger partial charge in [-0.25, -0.2) is 8.78 Å². The number of hydrogen-bond donors (Lipinski definition) is 0. The van der Waals surface area contributed by atoms with Crippen molar-refractivity contribution in [1.82, 2.24) is 14.7 Å². The molecule has 0 saturated carbocycles. The maximum absolute atomic E-state index is 13.1. The van der Waals surface area contributed by atoms with Crippen molar-refractivity contribution in [2.24, 2.45) is 4.99 Å². The molecule has 0 aromatic heterocycles. The molecule has 3 rings (SSSR count).